The van der Waals surface area contributed by atoms with E-state index in [1.165, 1.54) is 0 Å². The third-order valence-electron chi connectivity index (χ3n) is 2.75. The first-order valence-electron chi connectivity index (χ1n) is 6.02. The number of hydrogen-bond acceptors (Lipinski definition) is 3. The van der Waals surface area contributed by atoms with Crippen molar-refractivity contribution in [3.8, 4) is 5.69 Å². The molecule has 96 valence electrons. The molecule has 0 radical (unpaired) electrons. The maximum atomic E-state index is 6.27. The van der Waals surface area contributed by atoms with Crippen molar-refractivity contribution in [1.29, 1.82) is 0 Å². The van der Waals surface area contributed by atoms with Crippen LogP contribution in [0.3, 0.4) is 0 Å². The Bertz CT molecular complexity index is 548. The van der Waals surface area contributed by atoms with Gasteiger partial charge in [-0.15, -0.1) is 0 Å². The first kappa shape index (κ1) is 13.1. The van der Waals surface area contributed by atoms with Gasteiger partial charge >= 0.3 is 0 Å². The maximum Gasteiger partial charge on any atom is 0.148 e. The fourth-order valence-electron chi connectivity index (χ4n) is 1.92. The summed E-state index contributed by atoms with van der Waals surface area (Å²) < 4.78 is 1.84. The predicted octanol–water partition coefficient (Wildman–Crippen LogP) is 2.65. The molecule has 2 aromatic rings. The van der Waals surface area contributed by atoms with Crippen molar-refractivity contribution in [2.24, 2.45) is 0 Å². The molecule has 18 heavy (non-hydrogen) atoms. The molecule has 1 aromatic carbocycles. The molecule has 4 nitrogen and oxygen atoms in total. The lowest BCUT2D eigenvalue weighted by Gasteiger charge is -2.12. The number of benzene rings is 1. The Morgan fingerprint density at radius 2 is 2.11 bits per heavy atom. The molecular weight excluding hydrogens is 248 g/mol. The zero-order chi connectivity index (χ0) is 13.1. The average Bonchev–Trinajstić information content (AvgIpc) is 2.66. The Morgan fingerprint density at radius 1 is 1.33 bits per heavy atom. The molecule has 0 aliphatic heterocycles. The minimum atomic E-state index is 0.726. The Morgan fingerprint density at radius 3 is 2.72 bits per heavy atom. The van der Waals surface area contributed by atoms with Crippen LogP contribution in [0.25, 0.3) is 5.69 Å². The van der Waals surface area contributed by atoms with E-state index < -0.39 is 0 Å². The summed E-state index contributed by atoms with van der Waals surface area (Å²) in [5.41, 5.74) is 2.04. The minimum absolute atomic E-state index is 0.726. The molecule has 0 aliphatic rings. The van der Waals surface area contributed by atoms with Gasteiger partial charge in [0.05, 0.1) is 5.69 Å². The average molecular weight is 265 g/mol. The molecule has 0 amide bonds. The molecule has 0 saturated heterocycles. The molecule has 5 heteroatoms. The molecule has 0 unspecified atom stereocenters. The first-order chi connectivity index (χ1) is 8.63. The van der Waals surface area contributed by atoms with Crippen molar-refractivity contribution in [2.75, 3.05) is 6.54 Å². The number of aryl methyl sites for hydroxylation is 2. The van der Waals surface area contributed by atoms with Crippen LogP contribution in [-0.2, 0) is 6.54 Å². The van der Waals surface area contributed by atoms with Crippen LogP contribution in [0.15, 0.2) is 18.2 Å². The van der Waals surface area contributed by atoms with E-state index in [0.717, 1.165) is 41.0 Å². The normalized spacial score (nSPS) is 10.9. The van der Waals surface area contributed by atoms with Gasteiger partial charge in [-0.05, 0) is 32.5 Å². The topological polar surface area (TPSA) is 42.7 Å². The van der Waals surface area contributed by atoms with Gasteiger partial charge in [-0.3, -0.25) is 0 Å². The van der Waals surface area contributed by atoms with E-state index in [1.807, 2.05) is 36.7 Å². The van der Waals surface area contributed by atoms with Crippen molar-refractivity contribution in [3.05, 3.63) is 40.4 Å². The summed E-state index contributed by atoms with van der Waals surface area (Å²) >= 11 is 6.27. The summed E-state index contributed by atoms with van der Waals surface area (Å²) in [5, 5.41) is 8.46. The first-order valence-corrected chi connectivity index (χ1v) is 6.40. The van der Waals surface area contributed by atoms with E-state index >= 15 is 0 Å². The second-order valence-electron chi connectivity index (χ2n) is 4.14. The van der Waals surface area contributed by atoms with Crippen molar-refractivity contribution in [3.63, 3.8) is 0 Å². The number of hydrogen-bond donors (Lipinski definition) is 1. The van der Waals surface area contributed by atoms with Crippen molar-refractivity contribution < 1.29 is 0 Å². The van der Waals surface area contributed by atoms with Gasteiger partial charge in [0.25, 0.3) is 0 Å². The summed E-state index contributed by atoms with van der Waals surface area (Å²) in [6.07, 6.45) is 0. The van der Waals surface area contributed by atoms with Crippen molar-refractivity contribution in [2.45, 2.75) is 27.3 Å². The van der Waals surface area contributed by atoms with Gasteiger partial charge in [-0.1, -0.05) is 24.6 Å². The molecule has 1 N–H and O–H groups in total. The molecule has 1 heterocycles. The van der Waals surface area contributed by atoms with Gasteiger partial charge < -0.3 is 5.32 Å². The fourth-order valence-corrected chi connectivity index (χ4v) is 2.16. The Hall–Kier alpha value is -1.39. The standard InChI is InChI=1S/C13H17ClN4/c1-4-15-8-11-12(14)6-5-7-13(11)18-10(3)16-9(2)17-18/h5-7,15H,4,8H2,1-3H3. The third kappa shape index (κ3) is 2.54. The quantitative estimate of drug-likeness (QED) is 0.923. The minimum Gasteiger partial charge on any atom is -0.313 e. The molecule has 0 aliphatic carbocycles. The van der Waals surface area contributed by atoms with E-state index in [1.54, 1.807) is 0 Å². The van der Waals surface area contributed by atoms with E-state index in [4.69, 9.17) is 11.6 Å². The molecule has 0 fully saturated rings. The van der Waals surface area contributed by atoms with Crippen molar-refractivity contribution >= 4 is 11.6 Å². The zero-order valence-corrected chi connectivity index (χ0v) is 11.6. The second-order valence-corrected chi connectivity index (χ2v) is 4.54. The van der Waals surface area contributed by atoms with Crippen LogP contribution >= 0.6 is 11.6 Å². The van der Waals surface area contributed by atoms with Crippen molar-refractivity contribution in [1.82, 2.24) is 20.1 Å². The number of nitrogens with zero attached hydrogens (tertiary/aromatic N) is 3. The van der Waals surface area contributed by atoms with Crippen LogP contribution in [0, 0.1) is 13.8 Å². The Labute approximate surface area is 112 Å². The number of rotatable bonds is 4. The highest BCUT2D eigenvalue weighted by Gasteiger charge is 2.12. The monoisotopic (exact) mass is 264 g/mol. The van der Waals surface area contributed by atoms with Gasteiger partial charge in [0.1, 0.15) is 11.6 Å². The Kier molecular flexibility index (Phi) is 3.99. The van der Waals surface area contributed by atoms with Crippen LogP contribution in [0.4, 0.5) is 0 Å². The summed E-state index contributed by atoms with van der Waals surface area (Å²) in [4.78, 5) is 4.33. The van der Waals surface area contributed by atoms with Gasteiger partial charge in [0.2, 0.25) is 0 Å². The molecular formula is C13H17ClN4. The number of nitrogens with one attached hydrogen (secondary N) is 1. The van der Waals surface area contributed by atoms with E-state index in [0.29, 0.717) is 0 Å². The van der Waals surface area contributed by atoms with Crippen LogP contribution < -0.4 is 5.32 Å². The number of aromatic nitrogens is 3. The Balaban J connectivity index is 2.49. The highest BCUT2D eigenvalue weighted by Crippen LogP contribution is 2.23. The highest BCUT2D eigenvalue weighted by atomic mass is 35.5. The molecule has 0 spiro atoms. The molecule has 1 aromatic heterocycles. The van der Waals surface area contributed by atoms with Crippen LogP contribution in [0.5, 0.6) is 0 Å². The van der Waals surface area contributed by atoms with Crippen LogP contribution in [0.2, 0.25) is 5.02 Å². The zero-order valence-electron chi connectivity index (χ0n) is 10.9. The lowest BCUT2D eigenvalue weighted by molar-refractivity contribution is 0.713. The van der Waals surface area contributed by atoms with Gasteiger partial charge in [0.15, 0.2) is 0 Å². The summed E-state index contributed by atoms with van der Waals surface area (Å²) in [6.45, 7) is 7.53. The lowest BCUT2D eigenvalue weighted by atomic mass is 10.1. The fraction of sp³-hybridized carbons (Fsp3) is 0.385. The van der Waals surface area contributed by atoms with E-state index in [2.05, 4.69) is 22.3 Å². The lowest BCUT2D eigenvalue weighted by Crippen LogP contribution is -2.15. The van der Waals surface area contributed by atoms with Gasteiger partial charge in [-0.2, -0.15) is 5.10 Å². The molecule has 0 saturated carbocycles. The second kappa shape index (κ2) is 5.50. The highest BCUT2D eigenvalue weighted by molar-refractivity contribution is 6.31. The summed E-state index contributed by atoms with van der Waals surface area (Å²) in [6, 6.07) is 5.85. The third-order valence-corrected chi connectivity index (χ3v) is 3.10. The number of halogens is 1. The van der Waals surface area contributed by atoms with Crippen LogP contribution in [-0.4, -0.2) is 21.3 Å². The van der Waals surface area contributed by atoms with Crippen LogP contribution in [0.1, 0.15) is 24.1 Å². The predicted molar refractivity (Wildman–Crippen MR) is 73.2 cm³/mol. The molecule has 0 atom stereocenters. The van der Waals surface area contributed by atoms with E-state index in [-0.39, 0.29) is 0 Å². The summed E-state index contributed by atoms with van der Waals surface area (Å²) in [7, 11) is 0. The smallest absolute Gasteiger partial charge is 0.148 e. The van der Waals surface area contributed by atoms with Gasteiger partial charge in [-0.25, -0.2) is 9.67 Å². The van der Waals surface area contributed by atoms with E-state index in [9.17, 15) is 0 Å². The van der Waals surface area contributed by atoms with Gasteiger partial charge in [0, 0.05) is 17.1 Å². The SMILES string of the molecule is CCNCc1c(Cl)cccc1-n1nc(C)nc1C. The summed E-state index contributed by atoms with van der Waals surface area (Å²) in [5.74, 6) is 1.63. The molecule has 2 rings (SSSR count). The maximum absolute atomic E-state index is 6.27. The largest absolute Gasteiger partial charge is 0.313 e. The molecule has 0 bridgehead atoms.